The van der Waals surface area contributed by atoms with Crippen molar-refractivity contribution in [3.63, 3.8) is 0 Å². The Labute approximate surface area is 141 Å². The van der Waals surface area contributed by atoms with Gasteiger partial charge in [-0.15, -0.1) is 0 Å². The maximum atomic E-state index is 12.6. The zero-order valence-corrected chi connectivity index (χ0v) is 14.4. The number of hydrogen-bond acceptors (Lipinski definition) is 5. The Bertz CT molecular complexity index is 699. The molecule has 8 nitrogen and oxygen atoms in total. The molecule has 9 heteroatoms. The molecule has 3 amide bonds. The predicted octanol–water partition coefficient (Wildman–Crippen LogP) is 0.729. The second kappa shape index (κ2) is 8.11. The van der Waals surface area contributed by atoms with E-state index in [9.17, 15) is 18.0 Å². The Balaban J connectivity index is 2.03. The molecular weight excluding hydrogens is 332 g/mol. The highest BCUT2D eigenvalue weighted by Gasteiger charge is 2.25. The van der Waals surface area contributed by atoms with Gasteiger partial charge in [-0.2, -0.15) is 4.31 Å². The summed E-state index contributed by atoms with van der Waals surface area (Å²) in [6, 6.07) is 5.73. The van der Waals surface area contributed by atoms with Crippen molar-refractivity contribution in [2.75, 3.05) is 32.0 Å². The Morgan fingerprint density at radius 1 is 1.17 bits per heavy atom. The third-order valence-electron chi connectivity index (χ3n) is 3.72. The number of benzene rings is 1. The van der Waals surface area contributed by atoms with Gasteiger partial charge in [-0.05, 0) is 31.0 Å². The SMILES string of the molecule is CNC(=O)NC(=O)CNc1cccc(S(=O)(=O)N2CCCCC2)c1. The van der Waals surface area contributed by atoms with Crippen LogP contribution in [0, 0.1) is 0 Å². The highest BCUT2D eigenvalue weighted by atomic mass is 32.2. The number of carbonyl (C=O) groups excluding carboxylic acids is 2. The van der Waals surface area contributed by atoms with Gasteiger partial charge >= 0.3 is 6.03 Å². The first-order valence-electron chi connectivity index (χ1n) is 7.79. The van der Waals surface area contributed by atoms with E-state index in [1.807, 2.05) is 0 Å². The average Bonchev–Trinajstić information content (AvgIpc) is 2.61. The number of anilines is 1. The molecular formula is C15H22N4O4S. The lowest BCUT2D eigenvalue weighted by Gasteiger charge is -2.26. The molecule has 0 radical (unpaired) electrons. The molecule has 0 unspecified atom stereocenters. The van der Waals surface area contributed by atoms with E-state index in [4.69, 9.17) is 0 Å². The molecule has 1 aliphatic heterocycles. The van der Waals surface area contributed by atoms with Crippen molar-refractivity contribution in [3.05, 3.63) is 24.3 Å². The van der Waals surface area contributed by atoms with E-state index in [0.717, 1.165) is 19.3 Å². The Morgan fingerprint density at radius 3 is 2.54 bits per heavy atom. The molecule has 1 aromatic carbocycles. The van der Waals surface area contributed by atoms with Crippen LogP contribution in [0.1, 0.15) is 19.3 Å². The summed E-state index contributed by atoms with van der Waals surface area (Å²) in [5.41, 5.74) is 0.500. The molecule has 3 N–H and O–H groups in total. The van der Waals surface area contributed by atoms with Gasteiger partial charge in [0.25, 0.3) is 0 Å². The highest BCUT2D eigenvalue weighted by Crippen LogP contribution is 2.22. The van der Waals surface area contributed by atoms with Gasteiger partial charge in [-0.3, -0.25) is 10.1 Å². The monoisotopic (exact) mass is 354 g/mol. The normalized spacial score (nSPS) is 15.5. The fraction of sp³-hybridized carbons (Fsp3) is 0.467. The lowest BCUT2D eigenvalue weighted by Crippen LogP contribution is -2.40. The first-order chi connectivity index (χ1) is 11.4. The first-order valence-corrected chi connectivity index (χ1v) is 9.23. The van der Waals surface area contributed by atoms with Crippen LogP contribution >= 0.6 is 0 Å². The lowest BCUT2D eigenvalue weighted by molar-refractivity contribution is -0.118. The Kier molecular flexibility index (Phi) is 6.16. The minimum absolute atomic E-state index is 0.138. The van der Waals surface area contributed by atoms with Crippen LogP contribution in [-0.4, -0.2) is 51.3 Å². The van der Waals surface area contributed by atoms with E-state index < -0.39 is 22.0 Å². The number of imide groups is 1. The van der Waals surface area contributed by atoms with E-state index in [-0.39, 0.29) is 11.4 Å². The topological polar surface area (TPSA) is 108 Å². The van der Waals surface area contributed by atoms with Crippen molar-refractivity contribution in [1.29, 1.82) is 0 Å². The third kappa shape index (κ3) is 4.68. The summed E-state index contributed by atoms with van der Waals surface area (Å²) in [5.74, 6) is -0.515. The van der Waals surface area contributed by atoms with Gasteiger partial charge in [-0.1, -0.05) is 12.5 Å². The van der Waals surface area contributed by atoms with Crippen LogP contribution in [0.2, 0.25) is 0 Å². The molecule has 1 aliphatic rings. The highest BCUT2D eigenvalue weighted by molar-refractivity contribution is 7.89. The average molecular weight is 354 g/mol. The van der Waals surface area contributed by atoms with Crippen LogP contribution in [0.3, 0.4) is 0 Å². The van der Waals surface area contributed by atoms with Crippen molar-refractivity contribution < 1.29 is 18.0 Å². The summed E-state index contributed by atoms with van der Waals surface area (Å²) < 4.78 is 26.7. The predicted molar refractivity (Wildman–Crippen MR) is 90.1 cm³/mol. The quantitative estimate of drug-likeness (QED) is 0.722. The summed E-state index contributed by atoms with van der Waals surface area (Å²) in [7, 11) is -2.11. The molecule has 1 fully saturated rings. The number of rotatable bonds is 5. The second-order valence-corrected chi connectivity index (χ2v) is 7.41. The van der Waals surface area contributed by atoms with Gasteiger partial charge < -0.3 is 10.6 Å². The van der Waals surface area contributed by atoms with E-state index in [1.165, 1.54) is 17.4 Å². The smallest absolute Gasteiger partial charge is 0.321 e. The van der Waals surface area contributed by atoms with E-state index in [1.54, 1.807) is 18.2 Å². The fourth-order valence-corrected chi connectivity index (χ4v) is 4.00. The van der Waals surface area contributed by atoms with Gasteiger partial charge in [0.1, 0.15) is 0 Å². The van der Waals surface area contributed by atoms with E-state index in [2.05, 4.69) is 16.0 Å². The number of carbonyl (C=O) groups is 2. The van der Waals surface area contributed by atoms with Crippen LogP contribution in [-0.2, 0) is 14.8 Å². The molecule has 2 rings (SSSR count). The van der Waals surface area contributed by atoms with Gasteiger partial charge in [0.05, 0.1) is 11.4 Å². The number of sulfonamides is 1. The van der Waals surface area contributed by atoms with Crippen LogP contribution in [0.4, 0.5) is 10.5 Å². The van der Waals surface area contributed by atoms with Crippen molar-refractivity contribution in [2.24, 2.45) is 0 Å². The number of nitrogens with one attached hydrogen (secondary N) is 3. The van der Waals surface area contributed by atoms with Crippen molar-refractivity contribution in [3.8, 4) is 0 Å². The fourth-order valence-electron chi connectivity index (χ4n) is 2.44. The van der Waals surface area contributed by atoms with Crippen LogP contribution in [0.5, 0.6) is 0 Å². The molecule has 0 bridgehead atoms. The zero-order chi connectivity index (χ0) is 17.6. The molecule has 0 spiro atoms. The van der Waals surface area contributed by atoms with Crippen molar-refractivity contribution >= 4 is 27.6 Å². The number of hydrogen-bond donors (Lipinski definition) is 3. The number of piperidine rings is 1. The summed E-state index contributed by atoms with van der Waals surface area (Å²) in [5, 5.41) is 7.21. The molecule has 0 saturated carbocycles. The van der Waals surface area contributed by atoms with E-state index >= 15 is 0 Å². The van der Waals surface area contributed by atoms with Crippen molar-refractivity contribution in [2.45, 2.75) is 24.2 Å². The molecule has 24 heavy (non-hydrogen) atoms. The van der Waals surface area contributed by atoms with Crippen LogP contribution < -0.4 is 16.0 Å². The molecule has 1 saturated heterocycles. The molecule has 1 aromatic rings. The second-order valence-electron chi connectivity index (χ2n) is 5.47. The maximum absolute atomic E-state index is 12.6. The number of urea groups is 1. The lowest BCUT2D eigenvalue weighted by atomic mass is 10.2. The zero-order valence-electron chi connectivity index (χ0n) is 13.5. The van der Waals surface area contributed by atoms with Gasteiger partial charge in [0, 0.05) is 25.8 Å². The standard InChI is InChI=1S/C15H22N4O4S/c1-16-15(21)18-14(20)11-17-12-6-5-7-13(10-12)24(22,23)19-8-3-2-4-9-19/h5-7,10,17H,2-4,8-9,11H2,1H3,(H2,16,18,20,21). The largest absolute Gasteiger partial charge is 0.376 e. The van der Waals surface area contributed by atoms with Crippen LogP contribution in [0.25, 0.3) is 0 Å². The number of nitrogens with zero attached hydrogens (tertiary/aromatic N) is 1. The number of amides is 3. The van der Waals surface area contributed by atoms with Gasteiger partial charge in [0.15, 0.2) is 0 Å². The summed E-state index contributed by atoms with van der Waals surface area (Å²) in [6.45, 7) is 0.934. The van der Waals surface area contributed by atoms with Gasteiger partial charge in [-0.25, -0.2) is 13.2 Å². The summed E-state index contributed by atoms with van der Waals surface area (Å²) >= 11 is 0. The Morgan fingerprint density at radius 2 is 1.88 bits per heavy atom. The molecule has 132 valence electrons. The molecule has 0 aliphatic carbocycles. The molecule has 0 aromatic heterocycles. The van der Waals surface area contributed by atoms with Gasteiger partial charge in [0.2, 0.25) is 15.9 Å². The third-order valence-corrected chi connectivity index (χ3v) is 5.61. The minimum Gasteiger partial charge on any atom is -0.376 e. The Hall–Kier alpha value is -2.13. The van der Waals surface area contributed by atoms with E-state index in [0.29, 0.717) is 18.8 Å². The molecule has 1 heterocycles. The van der Waals surface area contributed by atoms with Crippen LogP contribution in [0.15, 0.2) is 29.2 Å². The molecule has 0 atom stereocenters. The maximum Gasteiger partial charge on any atom is 0.321 e. The first kappa shape index (κ1) is 18.2. The van der Waals surface area contributed by atoms with Crippen molar-refractivity contribution in [1.82, 2.24) is 14.9 Å². The minimum atomic E-state index is -3.52. The summed E-state index contributed by atoms with van der Waals surface area (Å²) in [6.07, 6.45) is 2.79. The summed E-state index contributed by atoms with van der Waals surface area (Å²) in [4.78, 5) is 22.8.